The van der Waals surface area contributed by atoms with E-state index in [0.29, 0.717) is 11.8 Å². The lowest BCUT2D eigenvalue weighted by atomic mass is 10.1. The van der Waals surface area contributed by atoms with Crippen molar-refractivity contribution < 1.29 is 9.22 Å². The molecule has 3 nitrogen and oxygen atoms in total. The van der Waals surface area contributed by atoms with Crippen LogP contribution in [0.15, 0.2) is 0 Å². The maximum atomic E-state index is 5.52. The van der Waals surface area contributed by atoms with Crippen LogP contribution in [0, 0.1) is 0 Å². The van der Waals surface area contributed by atoms with Crippen molar-refractivity contribution >= 4 is 17.4 Å². The van der Waals surface area contributed by atoms with Gasteiger partial charge in [0.2, 0.25) is 0 Å². The highest BCUT2D eigenvalue weighted by Crippen LogP contribution is 2.11. The zero-order valence-corrected chi connectivity index (χ0v) is 17.0. The van der Waals surface area contributed by atoms with E-state index in [-0.39, 0.29) is 0 Å². The zero-order chi connectivity index (χ0) is 17.4. The second kappa shape index (κ2) is 15.2. The van der Waals surface area contributed by atoms with Gasteiger partial charge in [0.25, 0.3) is 5.17 Å². The Morgan fingerprint density at radius 1 is 0.826 bits per heavy atom. The van der Waals surface area contributed by atoms with Gasteiger partial charge in [-0.15, -0.1) is 0 Å². The van der Waals surface area contributed by atoms with Crippen LogP contribution in [-0.4, -0.2) is 50.0 Å². The lowest BCUT2D eigenvalue weighted by molar-refractivity contribution is -0.890. The minimum Gasteiger partial charge on any atom is -0.465 e. The van der Waals surface area contributed by atoms with Crippen molar-refractivity contribution in [3.8, 4) is 0 Å². The van der Waals surface area contributed by atoms with Crippen molar-refractivity contribution in [2.75, 3.05) is 40.3 Å². The first kappa shape index (κ1) is 22.6. The molecule has 0 aromatic rings. The molecule has 0 unspecified atom stereocenters. The first-order valence-corrected chi connectivity index (χ1v) is 10.1. The number of unbranched alkanes of at least 4 members (excludes halogenated alkanes) is 9. The lowest BCUT2D eigenvalue weighted by Crippen LogP contribution is -2.43. The van der Waals surface area contributed by atoms with Gasteiger partial charge in [0.05, 0.1) is 20.6 Å². The number of hydrogen-bond acceptors (Lipinski definition) is 2. The van der Waals surface area contributed by atoms with Crippen molar-refractivity contribution in [2.45, 2.75) is 78.1 Å². The average molecular weight is 346 g/mol. The minimum atomic E-state index is 0.534. The van der Waals surface area contributed by atoms with Crippen molar-refractivity contribution in [1.29, 1.82) is 0 Å². The highest BCUT2D eigenvalue weighted by molar-refractivity contribution is 7.80. The van der Waals surface area contributed by atoms with E-state index in [1.54, 1.807) is 0 Å². The third kappa shape index (κ3) is 16.3. The van der Waals surface area contributed by atoms with Crippen LogP contribution in [0.3, 0.4) is 0 Å². The van der Waals surface area contributed by atoms with Gasteiger partial charge < -0.3 is 14.5 Å². The van der Waals surface area contributed by atoms with E-state index in [1.165, 1.54) is 70.8 Å². The molecular formula is C19H41N2OS+. The highest BCUT2D eigenvalue weighted by atomic mass is 32.1. The minimum absolute atomic E-state index is 0.534. The van der Waals surface area contributed by atoms with E-state index in [9.17, 15) is 0 Å². The molecule has 0 aliphatic carbocycles. The number of nitrogens with one attached hydrogen (secondary N) is 1. The Kier molecular flexibility index (Phi) is 15.0. The van der Waals surface area contributed by atoms with Crippen LogP contribution in [0.25, 0.3) is 0 Å². The lowest BCUT2D eigenvalue weighted by Gasteiger charge is -2.29. The monoisotopic (exact) mass is 345 g/mol. The normalized spacial score (nSPS) is 11.5. The maximum Gasteiger partial charge on any atom is 0.256 e. The summed E-state index contributed by atoms with van der Waals surface area (Å²) in [5.74, 6) is 0. The van der Waals surface area contributed by atoms with E-state index >= 15 is 0 Å². The summed E-state index contributed by atoms with van der Waals surface area (Å²) >= 11 is 5.08. The zero-order valence-electron chi connectivity index (χ0n) is 16.2. The number of quaternary nitrogens is 1. The van der Waals surface area contributed by atoms with Crippen molar-refractivity contribution in [2.24, 2.45) is 0 Å². The predicted octanol–water partition coefficient (Wildman–Crippen LogP) is 4.89. The first-order chi connectivity index (χ1) is 11.0. The summed E-state index contributed by atoms with van der Waals surface area (Å²) in [6.45, 7) is 8.09. The average Bonchev–Trinajstić information content (AvgIpc) is 2.49. The molecule has 0 rings (SSSR count). The number of ether oxygens (including phenoxy) is 1. The summed E-state index contributed by atoms with van der Waals surface area (Å²) in [5, 5.41) is 3.56. The van der Waals surface area contributed by atoms with Gasteiger partial charge in [-0.05, 0) is 32.0 Å². The number of hydrogen-bond donors (Lipinski definition) is 1. The van der Waals surface area contributed by atoms with Crippen molar-refractivity contribution in [3.05, 3.63) is 0 Å². The third-order valence-corrected chi connectivity index (χ3v) is 4.63. The number of nitrogens with zero attached hydrogens (tertiary/aromatic N) is 1. The molecule has 23 heavy (non-hydrogen) atoms. The molecule has 0 aromatic heterocycles. The fourth-order valence-electron chi connectivity index (χ4n) is 2.72. The molecule has 0 amide bonds. The largest absolute Gasteiger partial charge is 0.465 e. The number of likely N-dealkylation sites (N-methyl/N-ethyl adjacent to an activating group) is 1. The molecule has 0 aliphatic heterocycles. The third-order valence-electron chi connectivity index (χ3n) is 4.37. The SMILES string of the molecule is CCCCCCCCCCCC[N+](C)(C)CCOC(=S)NCC. The number of thiocarbonyl (C=S) groups is 1. The van der Waals surface area contributed by atoms with E-state index in [0.717, 1.165) is 17.6 Å². The van der Waals surface area contributed by atoms with Gasteiger partial charge in [-0.1, -0.05) is 58.3 Å². The maximum absolute atomic E-state index is 5.52. The Morgan fingerprint density at radius 2 is 1.35 bits per heavy atom. The van der Waals surface area contributed by atoms with Gasteiger partial charge in [0.15, 0.2) is 0 Å². The summed E-state index contributed by atoms with van der Waals surface area (Å²) in [4.78, 5) is 0. The van der Waals surface area contributed by atoms with Gasteiger partial charge in [-0.2, -0.15) is 0 Å². The first-order valence-electron chi connectivity index (χ1n) is 9.74. The smallest absolute Gasteiger partial charge is 0.256 e. The highest BCUT2D eigenvalue weighted by Gasteiger charge is 2.14. The number of rotatable bonds is 15. The van der Waals surface area contributed by atoms with Crippen LogP contribution in [-0.2, 0) is 4.74 Å². The van der Waals surface area contributed by atoms with Gasteiger partial charge >= 0.3 is 0 Å². The molecule has 0 bridgehead atoms. The summed E-state index contributed by atoms with van der Waals surface area (Å²) < 4.78 is 6.54. The Balaban J connectivity index is 3.43. The van der Waals surface area contributed by atoms with Gasteiger partial charge in [0.1, 0.15) is 13.2 Å². The van der Waals surface area contributed by atoms with E-state index < -0.39 is 0 Å². The summed E-state index contributed by atoms with van der Waals surface area (Å²) in [5.41, 5.74) is 0. The van der Waals surface area contributed by atoms with Crippen molar-refractivity contribution in [1.82, 2.24) is 5.32 Å². The van der Waals surface area contributed by atoms with E-state index in [2.05, 4.69) is 26.3 Å². The van der Waals surface area contributed by atoms with Crippen LogP contribution < -0.4 is 5.32 Å². The summed E-state index contributed by atoms with van der Waals surface area (Å²) in [7, 11) is 4.57. The van der Waals surface area contributed by atoms with Crippen LogP contribution in [0.2, 0.25) is 0 Å². The molecule has 0 saturated carbocycles. The standard InChI is InChI=1S/C19H40N2OS/c1-5-7-8-9-10-11-12-13-14-15-16-21(3,4)17-18-22-19(23)20-6-2/h5-18H2,1-4H3/p+1. The molecule has 0 aliphatic rings. The molecule has 0 atom stereocenters. The van der Waals surface area contributed by atoms with Crippen LogP contribution in [0.4, 0.5) is 0 Å². The molecular weight excluding hydrogens is 304 g/mol. The fraction of sp³-hybridized carbons (Fsp3) is 0.947. The van der Waals surface area contributed by atoms with Crippen LogP contribution >= 0.6 is 12.2 Å². The molecule has 4 heteroatoms. The molecule has 0 radical (unpaired) electrons. The topological polar surface area (TPSA) is 21.3 Å². The molecule has 0 saturated heterocycles. The quantitative estimate of drug-likeness (QED) is 0.259. The van der Waals surface area contributed by atoms with E-state index in [4.69, 9.17) is 17.0 Å². The van der Waals surface area contributed by atoms with Gasteiger partial charge in [0, 0.05) is 6.54 Å². The van der Waals surface area contributed by atoms with E-state index in [1.807, 2.05) is 6.92 Å². The molecule has 138 valence electrons. The summed E-state index contributed by atoms with van der Waals surface area (Å²) in [6, 6.07) is 0. The second-order valence-electron chi connectivity index (χ2n) is 7.23. The molecule has 0 fully saturated rings. The fourth-order valence-corrected chi connectivity index (χ4v) is 2.95. The Bertz CT molecular complexity index is 283. The predicted molar refractivity (Wildman–Crippen MR) is 106 cm³/mol. The second-order valence-corrected chi connectivity index (χ2v) is 7.60. The Labute approximate surface area is 150 Å². The van der Waals surface area contributed by atoms with Crippen LogP contribution in [0.1, 0.15) is 78.1 Å². The molecule has 1 N–H and O–H groups in total. The van der Waals surface area contributed by atoms with Crippen LogP contribution in [0.5, 0.6) is 0 Å². The van der Waals surface area contributed by atoms with Gasteiger partial charge in [-0.3, -0.25) is 0 Å². The molecule has 0 aromatic carbocycles. The van der Waals surface area contributed by atoms with Crippen molar-refractivity contribution in [3.63, 3.8) is 0 Å². The molecule has 0 heterocycles. The summed E-state index contributed by atoms with van der Waals surface area (Å²) in [6.07, 6.45) is 14.0. The Hall–Kier alpha value is -0.350. The Morgan fingerprint density at radius 3 is 1.87 bits per heavy atom. The van der Waals surface area contributed by atoms with Gasteiger partial charge in [-0.25, -0.2) is 0 Å². The molecule has 0 spiro atoms.